The maximum absolute atomic E-state index is 9.35. The molecular weight excluding hydrogens is 258 g/mol. The van der Waals surface area contributed by atoms with Gasteiger partial charge in [0.2, 0.25) is 0 Å². The van der Waals surface area contributed by atoms with Gasteiger partial charge < -0.3 is 5.32 Å². The number of aromatic nitrogens is 3. The van der Waals surface area contributed by atoms with Gasteiger partial charge in [-0.1, -0.05) is 13.8 Å². The molecule has 2 rings (SSSR count). The van der Waals surface area contributed by atoms with Crippen molar-refractivity contribution in [2.45, 2.75) is 25.3 Å². The number of anilines is 1. The molecule has 19 heavy (non-hydrogen) atoms. The van der Waals surface area contributed by atoms with Gasteiger partial charge in [0.1, 0.15) is 16.7 Å². The van der Waals surface area contributed by atoms with Crippen LogP contribution in [0.25, 0.3) is 5.65 Å². The summed E-state index contributed by atoms with van der Waals surface area (Å²) >= 11 is 1.48. The first-order valence-corrected chi connectivity index (χ1v) is 7.45. The molecule has 100 valence electrons. The van der Waals surface area contributed by atoms with E-state index >= 15 is 0 Å². The quantitative estimate of drug-likeness (QED) is 0.671. The van der Waals surface area contributed by atoms with Crippen LogP contribution in [0.4, 0.5) is 5.82 Å². The second-order valence-electron chi connectivity index (χ2n) is 4.67. The Balaban J connectivity index is 2.43. The van der Waals surface area contributed by atoms with Crippen molar-refractivity contribution in [2.75, 3.05) is 18.1 Å². The maximum atomic E-state index is 9.35. The molecule has 0 saturated heterocycles. The highest BCUT2D eigenvalue weighted by atomic mass is 32.2. The summed E-state index contributed by atoms with van der Waals surface area (Å²) < 4.78 is 1.69. The van der Waals surface area contributed by atoms with Crippen molar-refractivity contribution in [1.82, 2.24) is 14.6 Å². The Hall–Kier alpha value is -1.74. The molecule has 0 bridgehead atoms. The highest BCUT2D eigenvalue weighted by Gasteiger charge is 2.15. The summed E-state index contributed by atoms with van der Waals surface area (Å²) in [6, 6.07) is 4.07. The van der Waals surface area contributed by atoms with Crippen molar-refractivity contribution in [3.63, 3.8) is 0 Å². The number of hydrogen-bond donors (Lipinski definition) is 1. The lowest BCUT2D eigenvalue weighted by atomic mass is 10.1. The van der Waals surface area contributed by atoms with Gasteiger partial charge in [0.15, 0.2) is 11.5 Å². The van der Waals surface area contributed by atoms with Gasteiger partial charge in [0, 0.05) is 12.6 Å². The number of fused-ring (bicyclic) bond motifs is 1. The smallest absolute Gasteiger partial charge is 0.158 e. The zero-order valence-electron chi connectivity index (χ0n) is 11.3. The normalized spacial score (nSPS) is 10.9. The molecule has 2 aromatic rings. The Morgan fingerprint density at radius 2 is 2.32 bits per heavy atom. The van der Waals surface area contributed by atoms with Crippen LogP contribution in [0.2, 0.25) is 0 Å². The lowest BCUT2D eigenvalue weighted by Crippen LogP contribution is -2.12. The summed E-state index contributed by atoms with van der Waals surface area (Å²) in [5.41, 5.74) is 1.32. The van der Waals surface area contributed by atoms with Crippen LogP contribution in [0.15, 0.2) is 17.3 Å². The van der Waals surface area contributed by atoms with E-state index in [2.05, 4.69) is 35.3 Å². The Kier molecular flexibility index (Phi) is 4.27. The summed E-state index contributed by atoms with van der Waals surface area (Å²) in [4.78, 5) is 4.43. The number of thioether (sulfide) groups is 1. The summed E-state index contributed by atoms with van der Waals surface area (Å²) in [6.45, 7) is 5.17. The standard InChI is InChI=1S/C13H17N5S/c1-9(2)4-6-15-12-10(8-14)13(19-3)17-11-5-7-16-18(11)12/h5,7,9,15H,4,6H2,1-3H3. The molecule has 2 heterocycles. The van der Waals surface area contributed by atoms with Gasteiger partial charge in [-0.05, 0) is 18.6 Å². The van der Waals surface area contributed by atoms with E-state index in [-0.39, 0.29) is 0 Å². The fourth-order valence-electron chi connectivity index (χ4n) is 1.81. The second kappa shape index (κ2) is 5.93. The Labute approximate surface area is 117 Å². The first-order chi connectivity index (χ1) is 9.17. The van der Waals surface area contributed by atoms with Crippen molar-refractivity contribution in [2.24, 2.45) is 5.92 Å². The van der Waals surface area contributed by atoms with E-state index in [1.165, 1.54) is 11.8 Å². The molecule has 0 aliphatic rings. The van der Waals surface area contributed by atoms with E-state index in [4.69, 9.17) is 0 Å². The minimum Gasteiger partial charge on any atom is -0.369 e. The van der Waals surface area contributed by atoms with Gasteiger partial charge in [-0.3, -0.25) is 0 Å². The van der Waals surface area contributed by atoms with Gasteiger partial charge in [0.05, 0.1) is 6.20 Å². The maximum Gasteiger partial charge on any atom is 0.158 e. The lowest BCUT2D eigenvalue weighted by Gasteiger charge is -2.13. The minimum absolute atomic E-state index is 0.562. The molecule has 0 unspecified atom stereocenters. The van der Waals surface area contributed by atoms with E-state index in [0.717, 1.165) is 29.5 Å². The lowest BCUT2D eigenvalue weighted by molar-refractivity contribution is 0.605. The van der Waals surface area contributed by atoms with Crippen LogP contribution >= 0.6 is 11.8 Å². The van der Waals surface area contributed by atoms with Crippen molar-refractivity contribution in [3.05, 3.63) is 17.8 Å². The topological polar surface area (TPSA) is 66.0 Å². The summed E-state index contributed by atoms with van der Waals surface area (Å²) in [7, 11) is 0. The molecule has 0 fully saturated rings. The van der Waals surface area contributed by atoms with Crippen molar-refractivity contribution in [3.8, 4) is 6.07 Å². The highest BCUT2D eigenvalue weighted by molar-refractivity contribution is 7.98. The van der Waals surface area contributed by atoms with Crippen LogP contribution in [-0.4, -0.2) is 27.4 Å². The van der Waals surface area contributed by atoms with Gasteiger partial charge in [-0.25, -0.2) is 4.98 Å². The van der Waals surface area contributed by atoms with Crippen molar-refractivity contribution < 1.29 is 0 Å². The van der Waals surface area contributed by atoms with Gasteiger partial charge >= 0.3 is 0 Å². The number of nitrogens with zero attached hydrogens (tertiary/aromatic N) is 4. The number of hydrogen-bond acceptors (Lipinski definition) is 5. The van der Waals surface area contributed by atoms with Gasteiger partial charge in [-0.15, -0.1) is 11.8 Å². The van der Waals surface area contributed by atoms with Crippen LogP contribution in [0, 0.1) is 17.2 Å². The van der Waals surface area contributed by atoms with Crippen LogP contribution < -0.4 is 5.32 Å². The average molecular weight is 275 g/mol. The molecule has 0 aromatic carbocycles. The molecule has 0 spiro atoms. The van der Waals surface area contributed by atoms with E-state index in [1.807, 2.05) is 12.3 Å². The first kappa shape index (κ1) is 13.7. The predicted molar refractivity (Wildman–Crippen MR) is 77.4 cm³/mol. The third-order valence-corrected chi connectivity index (χ3v) is 3.50. The van der Waals surface area contributed by atoms with E-state index in [0.29, 0.717) is 11.5 Å². The molecule has 0 amide bonds. The molecule has 0 aliphatic carbocycles. The third-order valence-electron chi connectivity index (χ3n) is 2.82. The Morgan fingerprint density at radius 3 is 2.95 bits per heavy atom. The predicted octanol–water partition coefficient (Wildman–Crippen LogP) is 2.78. The first-order valence-electron chi connectivity index (χ1n) is 6.23. The zero-order chi connectivity index (χ0) is 13.8. The molecular formula is C13H17N5S. The van der Waals surface area contributed by atoms with Crippen LogP contribution in [0.3, 0.4) is 0 Å². The Morgan fingerprint density at radius 1 is 1.53 bits per heavy atom. The number of rotatable bonds is 5. The molecule has 1 N–H and O–H groups in total. The molecule has 5 nitrogen and oxygen atoms in total. The fraction of sp³-hybridized carbons (Fsp3) is 0.462. The summed E-state index contributed by atoms with van der Waals surface area (Å²) in [5, 5.41) is 17.6. The Bertz CT molecular complexity index is 611. The van der Waals surface area contributed by atoms with E-state index < -0.39 is 0 Å². The third kappa shape index (κ3) is 2.82. The van der Waals surface area contributed by atoms with Crippen LogP contribution in [0.1, 0.15) is 25.8 Å². The molecule has 0 saturated carbocycles. The fourth-order valence-corrected chi connectivity index (χ4v) is 2.34. The molecule has 0 radical (unpaired) electrons. The zero-order valence-corrected chi connectivity index (χ0v) is 12.2. The summed E-state index contributed by atoms with van der Waals surface area (Å²) in [6.07, 6.45) is 4.67. The van der Waals surface area contributed by atoms with E-state index in [9.17, 15) is 5.26 Å². The minimum atomic E-state index is 0.562. The SMILES string of the molecule is CSc1nc2ccnn2c(NCCC(C)C)c1C#N. The van der Waals surface area contributed by atoms with Gasteiger partial charge in [0.25, 0.3) is 0 Å². The molecule has 2 aromatic heterocycles. The monoisotopic (exact) mass is 275 g/mol. The molecule has 0 aliphatic heterocycles. The second-order valence-corrected chi connectivity index (χ2v) is 5.46. The average Bonchev–Trinajstić information content (AvgIpc) is 2.85. The van der Waals surface area contributed by atoms with Crippen molar-refractivity contribution in [1.29, 1.82) is 5.26 Å². The van der Waals surface area contributed by atoms with Crippen LogP contribution in [-0.2, 0) is 0 Å². The summed E-state index contributed by atoms with van der Waals surface area (Å²) in [5.74, 6) is 1.36. The van der Waals surface area contributed by atoms with Crippen molar-refractivity contribution >= 4 is 23.2 Å². The molecule has 0 atom stereocenters. The number of nitriles is 1. The van der Waals surface area contributed by atoms with Crippen LogP contribution in [0.5, 0.6) is 0 Å². The highest BCUT2D eigenvalue weighted by Crippen LogP contribution is 2.25. The van der Waals surface area contributed by atoms with Gasteiger partial charge in [-0.2, -0.15) is 14.9 Å². The largest absolute Gasteiger partial charge is 0.369 e. The molecule has 6 heteroatoms. The van der Waals surface area contributed by atoms with E-state index in [1.54, 1.807) is 10.7 Å². The number of nitrogens with one attached hydrogen (secondary N) is 1.